The summed E-state index contributed by atoms with van der Waals surface area (Å²) in [6, 6.07) is 11.8. The summed E-state index contributed by atoms with van der Waals surface area (Å²) in [7, 11) is 0. The van der Waals surface area contributed by atoms with Crippen LogP contribution in [0.4, 0.5) is 5.69 Å². The van der Waals surface area contributed by atoms with Gasteiger partial charge in [-0.1, -0.05) is 113 Å². The molecule has 2 aromatic rings. The monoisotopic (exact) mass is 622 g/mol. The fraction of sp³-hybridized carbons (Fsp3) is 0.364. The number of aliphatic hydroxyl groups is 1. The topological polar surface area (TPSA) is 35.5 Å². The molecule has 1 aliphatic heterocycles. The zero-order valence-electron chi connectivity index (χ0n) is 28.7. The predicted octanol–water partition coefficient (Wildman–Crippen LogP) is 10.5. The van der Waals surface area contributed by atoms with Crippen LogP contribution in [-0.2, 0) is 0 Å². The van der Waals surface area contributed by atoms with Crippen molar-refractivity contribution in [2.24, 2.45) is 0 Å². The number of nitrogens with one attached hydrogen (secondary N) is 1. The van der Waals surface area contributed by atoms with Gasteiger partial charge in [-0.15, -0.1) is 0 Å². The Morgan fingerprint density at radius 3 is 2.30 bits per heavy atom. The molecule has 7 rings (SSSR count). The fourth-order valence-corrected chi connectivity index (χ4v) is 8.12. The lowest BCUT2D eigenvalue weighted by atomic mass is 9.80. The van der Waals surface area contributed by atoms with Crippen molar-refractivity contribution in [2.75, 3.05) is 4.90 Å². The van der Waals surface area contributed by atoms with E-state index in [0.717, 1.165) is 37.7 Å². The molecule has 242 valence electrons. The van der Waals surface area contributed by atoms with E-state index in [1.165, 1.54) is 56.0 Å². The molecular weight excluding hydrogens is 572 g/mol. The van der Waals surface area contributed by atoms with Crippen LogP contribution in [0.1, 0.15) is 117 Å². The largest absolute Gasteiger partial charge is 0.388 e. The molecule has 0 spiro atoms. The van der Waals surface area contributed by atoms with Crippen molar-refractivity contribution < 1.29 is 5.11 Å². The van der Waals surface area contributed by atoms with Gasteiger partial charge in [0.1, 0.15) is 6.17 Å². The number of hydrogen-bond acceptors (Lipinski definition) is 3. The highest BCUT2D eigenvalue weighted by Gasteiger charge is 2.41. The molecule has 0 bridgehead atoms. The molecule has 1 heterocycles. The third-order valence-electron chi connectivity index (χ3n) is 10.7. The number of anilines is 1. The number of aryl methyl sites for hydroxylation is 1. The Hall–Kier alpha value is -4.08. The van der Waals surface area contributed by atoms with Crippen LogP contribution in [0, 0.1) is 6.92 Å². The number of allylic oxidation sites excluding steroid dienone is 13. The van der Waals surface area contributed by atoms with Crippen LogP contribution in [0.2, 0.25) is 0 Å². The number of hydrogen-bond donors (Lipinski definition) is 2. The number of nitrogens with zero attached hydrogens (tertiary/aromatic N) is 1. The van der Waals surface area contributed by atoms with Crippen LogP contribution in [0.3, 0.4) is 0 Å². The summed E-state index contributed by atoms with van der Waals surface area (Å²) in [6.07, 6.45) is 31.1. The van der Waals surface area contributed by atoms with Gasteiger partial charge < -0.3 is 15.3 Å². The first kappa shape index (κ1) is 31.5. The second-order valence-electron chi connectivity index (χ2n) is 14.5. The van der Waals surface area contributed by atoms with Crippen LogP contribution < -0.4 is 10.2 Å². The number of rotatable bonds is 7. The SMILES string of the molecule is Cc1cc(C2C=CC=CC2)ccc1C1C=CC=C(C2NC3=C(CCC=C3)N2c2c(C(C)C)cc(C3=CC=CCC3)cc2C(C)C)C1O. The molecule has 47 heavy (non-hydrogen) atoms. The average Bonchev–Trinajstić information content (AvgIpc) is 3.47. The lowest BCUT2D eigenvalue weighted by Crippen LogP contribution is -2.45. The van der Waals surface area contributed by atoms with E-state index in [9.17, 15) is 5.11 Å². The Bertz CT molecular complexity index is 1760. The minimum Gasteiger partial charge on any atom is -0.388 e. The second kappa shape index (κ2) is 13.2. The van der Waals surface area contributed by atoms with Gasteiger partial charge in [-0.05, 0) is 108 Å². The van der Waals surface area contributed by atoms with Crippen LogP contribution in [-0.4, -0.2) is 17.4 Å². The molecular formula is C44H50N2O. The van der Waals surface area contributed by atoms with Gasteiger partial charge in [0.25, 0.3) is 0 Å². The summed E-state index contributed by atoms with van der Waals surface area (Å²) in [5, 5.41) is 16.2. The predicted molar refractivity (Wildman–Crippen MR) is 199 cm³/mol. The molecule has 4 atom stereocenters. The molecule has 0 fully saturated rings. The van der Waals surface area contributed by atoms with Gasteiger partial charge in [-0.2, -0.15) is 0 Å². The van der Waals surface area contributed by atoms with E-state index in [1.54, 1.807) is 0 Å². The van der Waals surface area contributed by atoms with E-state index < -0.39 is 6.10 Å². The Morgan fingerprint density at radius 1 is 0.830 bits per heavy atom. The zero-order chi connectivity index (χ0) is 32.7. The summed E-state index contributed by atoms with van der Waals surface area (Å²) in [5.41, 5.74) is 14.2. The van der Waals surface area contributed by atoms with Gasteiger partial charge in [-0.25, -0.2) is 0 Å². The summed E-state index contributed by atoms with van der Waals surface area (Å²) in [4.78, 5) is 2.58. The van der Waals surface area contributed by atoms with Crippen LogP contribution in [0.15, 0.2) is 120 Å². The van der Waals surface area contributed by atoms with Crippen LogP contribution in [0.25, 0.3) is 5.57 Å². The van der Waals surface area contributed by atoms with Gasteiger partial charge >= 0.3 is 0 Å². The lowest BCUT2D eigenvalue weighted by Gasteiger charge is -2.39. The smallest absolute Gasteiger partial charge is 0.129 e. The molecule has 3 heteroatoms. The normalized spacial score (nSPS) is 25.1. The minimum absolute atomic E-state index is 0.106. The standard InChI is InChI=1S/C44H50N2O/c1-28(2)38-26-34(32-17-10-7-11-18-32)27-39(29(3)4)42(38)46-41-22-13-12-21-40(41)45-44(46)37-20-14-19-36(43(37)47)35-24-23-33(25-30(35)5)31-15-8-6-9-16-31/h6-10,12,14-15,17,19-21,23-29,31,36,43-45,47H,11,13,16,18,22H2,1-5H3. The summed E-state index contributed by atoms with van der Waals surface area (Å²) < 4.78 is 0. The quantitative estimate of drug-likeness (QED) is 0.323. The Kier molecular flexibility index (Phi) is 8.85. The van der Waals surface area contributed by atoms with Crippen LogP contribution in [0.5, 0.6) is 0 Å². The van der Waals surface area contributed by atoms with Crippen molar-refractivity contribution in [2.45, 2.75) is 103 Å². The molecule has 0 saturated heterocycles. The zero-order valence-corrected chi connectivity index (χ0v) is 28.7. The Labute approximate surface area is 282 Å². The first-order valence-electron chi connectivity index (χ1n) is 17.8. The van der Waals surface area contributed by atoms with Crippen molar-refractivity contribution in [3.05, 3.63) is 154 Å². The van der Waals surface area contributed by atoms with Gasteiger partial charge in [0.2, 0.25) is 0 Å². The van der Waals surface area contributed by atoms with Gasteiger partial charge in [0.15, 0.2) is 0 Å². The molecule has 0 radical (unpaired) electrons. The molecule has 5 aliphatic rings. The molecule has 0 amide bonds. The van der Waals surface area contributed by atoms with Gasteiger partial charge in [-0.3, -0.25) is 0 Å². The van der Waals surface area contributed by atoms with E-state index in [2.05, 4.69) is 148 Å². The molecule has 0 saturated carbocycles. The molecule has 3 nitrogen and oxygen atoms in total. The minimum atomic E-state index is -0.643. The fourth-order valence-electron chi connectivity index (χ4n) is 8.12. The van der Waals surface area contributed by atoms with Crippen molar-refractivity contribution >= 4 is 11.3 Å². The van der Waals surface area contributed by atoms with Crippen LogP contribution >= 0.6 is 0 Å². The van der Waals surface area contributed by atoms with E-state index in [0.29, 0.717) is 17.8 Å². The maximum Gasteiger partial charge on any atom is 0.129 e. The number of benzene rings is 2. The molecule has 2 N–H and O–H groups in total. The highest BCUT2D eigenvalue weighted by Crippen LogP contribution is 2.47. The third kappa shape index (κ3) is 5.95. The first-order valence-corrected chi connectivity index (χ1v) is 17.8. The molecule has 0 aromatic heterocycles. The maximum atomic E-state index is 12.3. The van der Waals surface area contributed by atoms with E-state index in [-0.39, 0.29) is 12.1 Å². The summed E-state index contributed by atoms with van der Waals surface area (Å²) >= 11 is 0. The summed E-state index contributed by atoms with van der Waals surface area (Å²) in [5.74, 6) is 1.00. The highest BCUT2D eigenvalue weighted by molar-refractivity contribution is 5.77. The number of aliphatic hydroxyl groups excluding tert-OH is 1. The van der Waals surface area contributed by atoms with E-state index >= 15 is 0 Å². The highest BCUT2D eigenvalue weighted by atomic mass is 16.3. The van der Waals surface area contributed by atoms with Gasteiger partial charge in [0.05, 0.1) is 17.5 Å². The van der Waals surface area contributed by atoms with Crippen molar-refractivity contribution in [3.8, 4) is 0 Å². The lowest BCUT2D eigenvalue weighted by molar-refractivity contribution is 0.184. The second-order valence-corrected chi connectivity index (χ2v) is 14.5. The molecule has 4 unspecified atom stereocenters. The van der Waals surface area contributed by atoms with Crippen molar-refractivity contribution in [1.29, 1.82) is 0 Å². The average molecular weight is 623 g/mol. The molecule has 4 aliphatic carbocycles. The van der Waals surface area contributed by atoms with Crippen molar-refractivity contribution in [3.63, 3.8) is 0 Å². The molecule has 2 aromatic carbocycles. The Balaban J connectivity index is 1.29. The maximum absolute atomic E-state index is 12.3. The van der Waals surface area contributed by atoms with E-state index in [4.69, 9.17) is 0 Å². The Morgan fingerprint density at radius 2 is 1.62 bits per heavy atom. The van der Waals surface area contributed by atoms with Gasteiger partial charge in [0, 0.05) is 23.1 Å². The first-order chi connectivity index (χ1) is 22.8. The summed E-state index contributed by atoms with van der Waals surface area (Å²) in [6.45, 7) is 11.5. The third-order valence-corrected chi connectivity index (χ3v) is 10.7. The van der Waals surface area contributed by atoms with Crippen molar-refractivity contribution in [1.82, 2.24) is 5.32 Å². The van der Waals surface area contributed by atoms with E-state index in [1.807, 2.05) is 0 Å².